The van der Waals surface area contributed by atoms with E-state index < -0.39 is 0 Å². The first-order valence-corrected chi connectivity index (χ1v) is 4.90. The molecule has 1 heterocycles. The Balaban J connectivity index is 2.43. The Bertz CT molecular complexity index is 351. The Labute approximate surface area is 74.8 Å². The summed E-state index contributed by atoms with van der Waals surface area (Å²) in [5.41, 5.74) is 2.68. The van der Waals surface area contributed by atoms with E-state index in [1.165, 1.54) is 0 Å². The minimum absolute atomic E-state index is 0.638. The third-order valence-corrected chi connectivity index (χ3v) is 2.37. The van der Waals surface area contributed by atoms with Gasteiger partial charge in [0.05, 0.1) is 5.69 Å². The number of thioether (sulfide) groups is 1. The molecule has 1 aromatic heterocycles. The molecular weight excluding hydrogens is 170 g/mol. The summed E-state index contributed by atoms with van der Waals surface area (Å²) in [6, 6.07) is 0. The SMILES string of the molecule is CSc1nc2c([nH]1)CC(=N)C=C2. The summed E-state index contributed by atoms with van der Waals surface area (Å²) in [7, 11) is 0. The van der Waals surface area contributed by atoms with Gasteiger partial charge in [-0.2, -0.15) is 0 Å². The minimum atomic E-state index is 0.638. The summed E-state index contributed by atoms with van der Waals surface area (Å²) < 4.78 is 0. The van der Waals surface area contributed by atoms with Crippen molar-refractivity contribution in [2.45, 2.75) is 11.6 Å². The van der Waals surface area contributed by atoms with Crippen LogP contribution in [0.3, 0.4) is 0 Å². The van der Waals surface area contributed by atoms with E-state index in [0.29, 0.717) is 12.1 Å². The van der Waals surface area contributed by atoms with Crippen LogP contribution in [0.4, 0.5) is 0 Å². The van der Waals surface area contributed by atoms with Crippen molar-refractivity contribution in [2.24, 2.45) is 0 Å². The van der Waals surface area contributed by atoms with E-state index in [1.54, 1.807) is 17.8 Å². The normalized spacial score (nSPS) is 14.9. The Hall–Kier alpha value is -1.03. The van der Waals surface area contributed by atoms with E-state index in [9.17, 15) is 0 Å². The number of aromatic nitrogens is 2. The molecule has 0 saturated carbocycles. The maximum atomic E-state index is 7.44. The molecule has 2 rings (SSSR count). The lowest BCUT2D eigenvalue weighted by Crippen LogP contribution is -2.03. The fourth-order valence-corrected chi connectivity index (χ4v) is 1.61. The zero-order chi connectivity index (χ0) is 8.55. The van der Waals surface area contributed by atoms with Crippen molar-refractivity contribution in [1.29, 1.82) is 5.41 Å². The van der Waals surface area contributed by atoms with Crippen LogP contribution in [0.5, 0.6) is 0 Å². The van der Waals surface area contributed by atoms with E-state index >= 15 is 0 Å². The number of nitrogens with one attached hydrogen (secondary N) is 2. The average Bonchev–Trinajstić information content (AvgIpc) is 2.46. The predicted molar refractivity (Wildman–Crippen MR) is 50.8 cm³/mol. The quantitative estimate of drug-likeness (QED) is 0.645. The van der Waals surface area contributed by atoms with Crippen molar-refractivity contribution >= 4 is 23.5 Å². The first-order valence-electron chi connectivity index (χ1n) is 3.68. The molecule has 4 heteroatoms. The highest BCUT2D eigenvalue weighted by atomic mass is 32.2. The fourth-order valence-electron chi connectivity index (χ4n) is 1.20. The minimum Gasteiger partial charge on any atom is -0.336 e. The van der Waals surface area contributed by atoms with Crippen molar-refractivity contribution in [1.82, 2.24) is 9.97 Å². The number of hydrogen-bond donors (Lipinski definition) is 2. The molecule has 1 aromatic rings. The predicted octanol–water partition coefficient (Wildman–Crippen LogP) is 1.72. The van der Waals surface area contributed by atoms with Gasteiger partial charge in [-0.1, -0.05) is 11.8 Å². The third kappa shape index (κ3) is 1.18. The van der Waals surface area contributed by atoms with Gasteiger partial charge in [0.25, 0.3) is 0 Å². The van der Waals surface area contributed by atoms with Gasteiger partial charge in [-0.15, -0.1) is 0 Å². The Morgan fingerprint density at radius 3 is 3.17 bits per heavy atom. The van der Waals surface area contributed by atoms with Crippen LogP contribution < -0.4 is 0 Å². The maximum Gasteiger partial charge on any atom is 0.165 e. The second-order valence-corrected chi connectivity index (χ2v) is 3.44. The number of imidazole rings is 1. The van der Waals surface area contributed by atoms with E-state index in [2.05, 4.69) is 9.97 Å². The molecule has 0 spiro atoms. The number of nitrogens with zero attached hydrogens (tertiary/aromatic N) is 1. The lowest BCUT2D eigenvalue weighted by atomic mass is 10.1. The molecule has 0 saturated heterocycles. The Morgan fingerprint density at radius 2 is 2.42 bits per heavy atom. The molecule has 0 radical (unpaired) electrons. The zero-order valence-electron chi connectivity index (χ0n) is 6.72. The standard InChI is InChI=1S/C8H9N3S/c1-12-8-10-6-3-2-5(9)4-7(6)11-8/h2-3,9H,4H2,1H3,(H,10,11). The van der Waals surface area contributed by atoms with E-state index in [1.807, 2.05) is 12.3 Å². The molecule has 1 aliphatic carbocycles. The van der Waals surface area contributed by atoms with Crippen molar-refractivity contribution in [3.05, 3.63) is 17.5 Å². The van der Waals surface area contributed by atoms with E-state index in [4.69, 9.17) is 5.41 Å². The second-order valence-electron chi connectivity index (χ2n) is 2.65. The molecule has 1 aliphatic rings. The van der Waals surface area contributed by atoms with Crippen LogP contribution in [0, 0.1) is 5.41 Å². The van der Waals surface area contributed by atoms with Gasteiger partial charge < -0.3 is 10.4 Å². The van der Waals surface area contributed by atoms with Crippen LogP contribution in [-0.4, -0.2) is 21.9 Å². The summed E-state index contributed by atoms with van der Waals surface area (Å²) in [5.74, 6) is 0. The number of allylic oxidation sites excluding steroid dienone is 1. The van der Waals surface area contributed by atoms with Crippen LogP contribution in [0.1, 0.15) is 11.4 Å². The first-order chi connectivity index (χ1) is 5.79. The lowest BCUT2D eigenvalue weighted by Gasteiger charge is -2.02. The average molecular weight is 179 g/mol. The van der Waals surface area contributed by atoms with Gasteiger partial charge in [-0.05, 0) is 18.4 Å². The third-order valence-electron chi connectivity index (χ3n) is 1.79. The van der Waals surface area contributed by atoms with E-state index in [0.717, 1.165) is 16.5 Å². The van der Waals surface area contributed by atoms with Crippen molar-refractivity contribution in [3.63, 3.8) is 0 Å². The molecule has 12 heavy (non-hydrogen) atoms. The highest BCUT2D eigenvalue weighted by molar-refractivity contribution is 7.98. The van der Waals surface area contributed by atoms with Gasteiger partial charge in [0.15, 0.2) is 5.16 Å². The number of aromatic amines is 1. The van der Waals surface area contributed by atoms with Crippen LogP contribution >= 0.6 is 11.8 Å². The van der Waals surface area contributed by atoms with Gasteiger partial charge in [-0.3, -0.25) is 0 Å². The van der Waals surface area contributed by atoms with Crippen LogP contribution in [-0.2, 0) is 6.42 Å². The van der Waals surface area contributed by atoms with Crippen molar-refractivity contribution in [2.75, 3.05) is 6.26 Å². The molecule has 0 fully saturated rings. The number of rotatable bonds is 1. The number of hydrogen-bond acceptors (Lipinski definition) is 3. The Morgan fingerprint density at radius 1 is 1.58 bits per heavy atom. The molecular formula is C8H9N3S. The summed E-state index contributed by atoms with van der Waals surface area (Å²) in [4.78, 5) is 7.50. The topological polar surface area (TPSA) is 52.5 Å². The molecule has 3 nitrogen and oxygen atoms in total. The summed E-state index contributed by atoms with van der Waals surface area (Å²) >= 11 is 1.59. The molecule has 0 unspecified atom stereocenters. The monoisotopic (exact) mass is 179 g/mol. The summed E-state index contributed by atoms with van der Waals surface area (Å²) in [6.45, 7) is 0. The van der Waals surface area contributed by atoms with Gasteiger partial charge >= 0.3 is 0 Å². The second kappa shape index (κ2) is 2.79. The van der Waals surface area contributed by atoms with Crippen molar-refractivity contribution in [3.8, 4) is 0 Å². The molecule has 0 aliphatic heterocycles. The zero-order valence-corrected chi connectivity index (χ0v) is 7.53. The highest BCUT2D eigenvalue weighted by Crippen LogP contribution is 2.19. The smallest absolute Gasteiger partial charge is 0.165 e. The summed E-state index contributed by atoms with van der Waals surface area (Å²) in [6.07, 6.45) is 6.35. The lowest BCUT2D eigenvalue weighted by molar-refractivity contribution is 1.03. The molecule has 2 N–H and O–H groups in total. The van der Waals surface area contributed by atoms with Crippen LogP contribution in [0.25, 0.3) is 6.08 Å². The molecule has 0 aromatic carbocycles. The largest absolute Gasteiger partial charge is 0.336 e. The van der Waals surface area contributed by atoms with E-state index in [-0.39, 0.29) is 0 Å². The molecule has 0 atom stereocenters. The fraction of sp³-hybridized carbons (Fsp3) is 0.250. The Kier molecular flexibility index (Phi) is 1.77. The maximum absolute atomic E-state index is 7.44. The highest BCUT2D eigenvalue weighted by Gasteiger charge is 2.12. The first kappa shape index (κ1) is 7.61. The number of H-pyrrole nitrogens is 1. The van der Waals surface area contributed by atoms with Gasteiger partial charge in [0.2, 0.25) is 0 Å². The van der Waals surface area contributed by atoms with Crippen molar-refractivity contribution < 1.29 is 0 Å². The van der Waals surface area contributed by atoms with Gasteiger partial charge in [0, 0.05) is 17.8 Å². The van der Waals surface area contributed by atoms with Gasteiger partial charge in [0.1, 0.15) is 0 Å². The molecule has 0 amide bonds. The van der Waals surface area contributed by atoms with Gasteiger partial charge in [-0.25, -0.2) is 4.98 Å². The number of fused-ring (bicyclic) bond motifs is 1. The van der Waals surface area contributed by atoms with Crippen LogP contribution in [0.15, 0.2) is 11.2 Å². The molecule has 62 valence electrons. The van der Waals surface area contributed by atoms with Crippen LogP contribution in [0.2, 0.25) is 0 Å². The molecule has 0 bridgehead atoms. The summed E-state index contributed by atoms with van der Waals surface area (Å²) in [5, 5.41) is 8.37.